The van der Waals surface area contributed by atoms with E-state index >= 15 is 0 Å². The Labute approximate surface area is 104 Å². The normalized spacial score (nSPS) is 9.94. The third kappa shape index (κ3) is 3.53. The number of halogens is 1. The Morgan fingerprint density at radius 2 is 2.25 bits per heavy atom. The molecular formula is C10H12IO5-. The van der Waals surface area contributed by atoms with Crippen molar-refractivity contribution in [2.75, 3.05) is 13.7 Å². The summed E-state index contributed by atoms with van der Waals surface area (Å²) in [6.45, 7) is 1.96. The number of carbonyl (C=O) groups excluding carboxylic acids is 1. The molecule has 5 nitrogen and oxygen atoms in total. The first-order valence-electron chi connectivity index (χ1n) is 4.52. The maximum absolute atomic E-state index is 11.0. The summed E-state index contributed by atoms with van der Waals surface area (Å²) >= 11 is -1.06. The molecule has 0 saturated heterocycles. The molecule has 0 spiro atoms. The van der Waals surface area contributed by atoms with Gasteiger partial charge in [-0.1, -0.05) is 0 Å². The summed E-state index contributed by atoms with van der Waals surface area (Å²) in [5.74, 6) is 0.841. The average molecular weight is 339 g/mol. The van der Waals surface area contributed by atoms with Crippen molar-refractivity contribution in [1.29, 1.82) is 0 Å². The summed E-state index contributed by atoms with van der Waals surface area (Å²) < 4.78 is 24.4. The van der Waals surface area contributed by atoms with E-state index in [1.165, 1.54) is 7.11 Å². The van der Waals surface area contributed by atoms with E-state index in [-0.39, 0.29) is 6.61 Å². The zero-order valence-corrected chi connectivity index (χ0v) is 11.1. The molecule has 0 heterocycles. The fourth-order valence-corrected chi connectivity index (χ4v) is 1.97. The van der Waals surface area contributed by atoms with Crippen molar-refractivity contribution in [3.05, 3.63) is 21.8 Å². The molecule has 0 bridgehead atoms. The standard InChI is InChI=1S/C10H12IO5/c1-3-15-10(12)16-7-4-5-8(11-13)9(6-7)14-2/h4-6,13H,3H2,1-2H3/q-1. The molecule has 0 aliphatic heterocycles. The van der Waals surface area contributed by atoms with Crippen LogP contribution in [0.25, 0.3) is 0 Å². The fourth-order valence-electron chi connectivity index (χ4n) is 1.02. The van der Waals surface area contributed by atoms with Crippen molar-refractivity contribution < 1.29 is 44.1 Å². The summed E-state index contributed by atoms with van der Waals surface area (Å²) in [5.41, 5.74) is 0. The number of hydrogen-bond acceptors (Lipinski definition) is 5. The van der Waals surface area contributed by atoms with Gasteiger partial charge >= 0.3 is 104 Å². The minimum absolute atomic E-state index is 0.260. The van der Waals surface area contributed by atoms with Crippen molar-refractivity contribution >= 4 is 6.16 Å². The van der Waals surface area contributed by atoms with Crippen LogP contribution in [-0.4, -0.2) is 23.3 Å². The van der Waals surface area contributed by atoms with Gasteiger partial charge < -0.3 is 0 Å². The topological polar surface area (TPSA) is 65.0 Å². The quantitative estimate of drug-likeness (QED) is 0.407. The summed E-state index contributed by atoms with van der Waals surface area (Å²) in [5, 5.41) is 0. The molecule has 0 atom stereocenters. The average Bonchev–Trinajstić information content (AvgIpc) is 2.29. The van der Waals surface area contributed by atoms with Crippen molar-refractivity contribution in [3.63, 3.8) is 0 Å². The summed E-state index contributed by atoms with van der Waals surface area (Å²) in [4.78, 5) is 11.0. The zero-order chi connectivity index (χ0) is 12.0. The molecule has 90 valence electrons. The summed E-state index contributed by atoms with van der Waals surface area (Å²) in [6.07, 6.45) is -0.754. The predicted octanol–water partition coefficient (Wildman–Crippen LogP) is -1.60. The molecule has 0 amide bonds. The molecule has 1 aromatic carbocycles. The Morgan fingerprint density at radius 1 is 1.50 bits per heavy atom. The Kier molecular flexibility index (Phi) is 5.33. The van der Waals surface area contributed by atoms with Gasteiger partial charge in [-0.3, -0.25) is 0 Å². The van der Waals surface area contributed by atoms with E-state index in [2.05, 4.69) is 4.74 Å². The number of carbonyl (C=O) groups is 1. The molecule has 1 N–H and O–H groups in total. The van der Waals surface area contributed by atoms with Crippen LogP contribution >= 0.6 is 0 Å². The molecule has 0 fully saturated rings. The van der Waals surface area contributed by atoms with Gasteiger partial charge in [0.2, 0.25) is 0 Å². The third-order valence-corrected chi connectivity index (χ3v) is 3.09. The minimum atomic E-state index is -1.06. The van der Waals surface area contributed by atoms with E-state index in [9.17, 15) is 4.79 Å². The first kappa shape index (κ1) is 13.0. The number of rotatable bonds is 4. The van der Waals surface area contributed by atoms with Gasteiger partial charge in [0.15, 0.2) is 0 Å². The van der Waals surface area contributed by atoms with Crippen LogP contribution in [0.2, 0.25) is 0 Å². The molecular weight excluding hydrogens is 327 g/mol. The molecule has 0 unspecified atom stereocenters. The van der Waals surface area contributed by atoms with Crippen LogP contribution in [0.5, 0.6) is 11.5 Å². The molecule has 1 rings (SSSR count). The van der Waals surface area contributed by atoms with Gasteiger partial charge in [0.25, 0.3) is 0 Å². The third-order valence-electron chi connectivity index (χ3n) is 1.68. The van der Waals surface area contributed by atoms with E-state index in [0.717, 1.165) is 3.57 Å². The SMILES string of the molecule is CCOC(=O)Oc1ccc([I-]O)c(OC)c1. The number of hydrogen-bond donors (Lipinski definition) is 1. The van der Waals surface area contributed by atoms with E-state index in [0.29, 0.717) is 11.5 Å². The Bertz CT molecular complexity index is 366. The van der Waals surface area contributed by atoms with E-state index < -0.39 is 27.8 Å². The molecule has 0 radical (unpaired) electrons. The van der Waals surface area contributed by atoms with E-state index in [1.807, 2.05) is 0 Å². The second-order valence-electron chi connectivity index (χ2n) is 2.67. The molecule has 16 heavy (non-hydrogen) atoms. The van der Waals surface area contributed by atoms with Crippen LogP contribution in [0.4, 0.5) is 4.79 Å². The Morgan fingerprint density at radius 3 is 2.81 bits per heavy atom. The van der Waals surface area contributed by atoms with Crippen LogP contribution in [0.3, 0.4) is 0 Å². The molecule has 0 saturated carbocycles. The number of benzene rings is 1. The Balaban J connectivity index is 2.78. The maximum atomic E-state index is 11.0. The van der Waals surface area contributed by atoms with Gasteiger partial charge in [-0.2, -0.15) is 0 Å². The van der Waals surface area contributed by atoms with Crippen LogP contribution in [0.1, 0.15) is 6.92 Å². The van der Waals surface area contributed by atoms with Gasteiger partial charge in [-0.15, -0.1) is 0 Å². The fraction of sp³-hybridized carbons (Fsp3) is 0.300. The van der Waals surface area contributed by atoms with Gasteiger partial charge in [-0.05, 0) is 0 Å². The van der Waals surface area contributed by atoms with E-state index in [4.69, 9.17) is 12.9 Å². The van der Waals surface area contributed by atoms with Gasteiger partial charge in [0.05, 0.1) is 0 Å². The molecule has 6 heteroatoms. The van der Waals surface area contributed by atoms with Gasteiger partial charge in [-0.25, -0.2) is 0 Å². The number of methoxy groups -OCH3 is 1. The number of ether oxygens (including phenoxy) is 3. The van der Waals surface area contributed by atoms with Crippen molar-refractivity contribution in [1.82, 2.24) is 0 Å². The molecule has 0 aromatic heterocycles. The van der Waals surface area contributed by atoms with Crippen molar-refractivity contribution in [2.24, 2.45) is 0 Å². The van der Waals surface area contributed by atoms with E-state index in [1.54, 1.807) is 25.1 Å². The first-order valence-corrected chi connectivity index (χ1v) is 6.56. The van der Waals surface area contributed by atoms with Crippen LogP contribution < -0.4 is 31.1 Å². The monoisotopic (exact) mass is 339 g/mol. The summed E-state index contributed by atoms with van der Waals surface area (Å²) in [6, 6.07) is 4.80. The predicted molar refractivity (Wildman–Crippen MR) is 51.6 cm³/mol. The van der Waals surface area contributed by atoms with Gasteiger partial charge in [0, 0.05) is 0 Å². The molecule has 1 aromatic rings. The molecule has 0 aliphatic rings. The second kappa shape index (κ2) is 6.54. The first-order chi connectivity index (χ1) is 7.71. The van der Waals surface area contributed by atoms with Crippen LogP contribution in [0.15, 0.2) is 18.2 Å². The second-order valence-corrected chi connectivity index (χ2v) is 4.31. The molecule has 0 aliphatic carbocycles. The zero-order valence-electron chi connectivity index (χ0n) is 8.90. The van der Waals surface area contributed by atoms with Crippen LogP contribution in [0, 0.1) is 3.57 Å². The van der Waals surface area contributed by atoms with Crippen molar-refractivity contribution in [2.45, 2.75) is 6.92 Å². The van der Waals surface area contributed by atoms with Crippen molar-refractivity contribution in [3.8, 4) is 11.5 Å². The van der Waals surface area contributed by atoms with Crippen LogP contribution in [-0.2, 0) is 4.74 Å². The summed E-state index contributed by atoms with van der Waals surface area (Å²) in [7, 11) is 1.49. The Hall–Kier alpha value is -1.02. The van der Waals surface area contributed by atoms with Gasteiger partial charge in [0.1, 0.15) is 0 Å².